The second-order valence-corrected chi connectivity index (χ2v) is 20.6. The molecule has 1 N–H and O–H groups in total. The number of aliphatic hydroxyl groups excluding tert-OH is 1. The zero-order chi connectivity index (χ0) is 40.1. The fraction of sp³-hybridized carbons (Fsp3) is 0.480. The van der Waals surface area contributed by atoms with Gasteiger partial charge in [-0.1, -0.05) is 101 Å². The third kappa shape index (κ3) is 10.8. The molecule has 0 radical (unpaired) electrons. The minimum Gasteiger partial charge on any atom is -0.490 e. The average molecular weight is 780 g/mol. The smallest absolute Gasteiger partial charge is 0.307 e. The van der Waals surface area contributed by atoms with Crippen LogP contribution in [0.3, 0.4) is 0 Å². The lowest BCUT2D eigenvalue weighted by atomic mass is 9.83. The standard InChI is InChI=1S/C50H67O5P/c1-37(23-19-25-39(3)56(44-26-12-9-13-27-44,45-28-14-10-15-29-45)46-30-16-11-17-31-46)21-18-22-38(2)24-20-33-50(8)34-32-47-42(6)48(40(4)41(5)49(47)54-50)52-35-36-53-55-43(7)51/h9-17,26-31,37-39H,7,18-25,32-36H2,1-6,8H3/p+1. The van der Waals surface area contributed by atoms with E-state index in [-0.39, 0.29) is 12.2 Å². The van der Waals surface area contributed by atoms with E-state index in [0.29, 0.717) is 12.3 Å². The summed E-state index contributed by atoms with van der Waals surface area (Å²) in [4.78, 5) is 9.50. The van der Waals surface area contributed by atoms with Crippen LogP contribution in [0.5, 0.6) is 11.5 Å². The van der Waals surface area contributed by atoms with E-state index >= 15 is 0 Å². The normalized spacial score (nSPS) is 17.0. The van der Waals surface area contributed by atoms with Crippen molar-refractivity contribution in [3.63, 3.8) is 0 Å². The molecule has 302 valence electrons. The van der Waals surface area contributed by atoms with E-state index in [1.807, 2.05) is 0 Å². The number of ether oxygens (including phenoxy) is 2. The summed E-state index contributed by atoms with van der Waals surface area (Å²) in [7, 11) is -1.83. The molecule has 1 aliphatic heterocycles. The summed E-state index contributed by atoms with van der Waals surface area (Å²) in [6.45, 7) is 19.8. The molecule has 6 heteroatoms. The van der Waals surface area contributed by atoms with Gasteiger partial charge in [0.2, 0.25) is 0 Å². The van der Waals surface area contributed by atoms with Crippen LogP contribution in [0.1, 0.15) is 114 Å². The first-order valence-corrected chi connectivity index (χ1v) is 23.0. The second kappa shape index (κ2) is 20.6. The van der Waals surface area contributed by atoms with Gasteiger partial charge in [0, 0.05) is 5.56 Å². The molecule has 4 aromatic carbocycles. The van der Waals surface area contributed by atoms with E-state index in [4.69, 9.17) is 19.5 Å². The van der Waals surface area contributed by atoms with E-state index in [1.54, 1.807) is 0 Å². The molecule has 0 saturated carbocycles. The molecule has 1 aliphatic rings. The third-order valence-electron chi connectivity index (χ3n) is 12.4. The second-order valence-electron chi connectivity index (χ2n) is 16.8. The summed E-state index contributed by atoms with van der Waals surface area (Å²) in [5.41, 5.74) is 5.04. The number of hydrogen-bond acceptors (Lipinski definition) is 5. The molecule has 4 aromatic rings. The van der Waals surface area contributed by atoms with Crippen molar-refractivity contribution in [1.82, 2.24) is 0 Å². The molecule has 0 spiro atoms. The van der Waals surface area contributed by atoms with Crippen molar-refractivity contribution in [3.05, 3.63) is 126 Å². The highest BCUT2D eigenvalue weighted by atomic mass is 31.2. The molecule has 4 atom stereocenters. The van der Waals surface area contributed by atoms with Crippen molar-refractivity contribution in [1.29, 1.82) is 0 Å². The molecule has 5 nitrogen and oxygen atoms in total. The van der Waals surface area contributed by atoms with Crippen LogP contribution in [0.25, 0.3) is 0 Å². The fourth-order valence-electron chi connectivity index (χ4n) is 9.04. The molecule has 0 aliphatic carbocycles. The minimum absolute atomic E-state index is 0.149. The lowest BCUT2D eigenvalue weighted by molar-refractivity contribution is -0.288. The SMILES string of the molecule is C=C(O)OOCCOc1c(C)c(C)c2c(c1C)CCC(C)(CCCC(C)CCCC(C)CCCC(C)[P+](c1ccccc1)(c1ccccc1)c1ccccc1)O2. The molecule has 5 rings (SSSR count). The maximum Gasteiger partial charge on any atom is 0.307 e. The molecule has 0 amide bonds. The van der Waals surface area contributed by atoms with Crippen LogP contribution in [-0.4, -0.2) is 29.6 Å². The number of benzene rings is 4. The average Bonchev–Trinajstić information content (AvgIpc) is 3.19. The first-order valence-electron chi connectivity index (χ1n) is 21.1. The maximum absolute atomic E-state index is 9.03. The Balaban J connectivity index is 1.07. The van der Waals surface area contributed by atoms with Gasteiger partial charge in [-0.15, -0.1) is 0 Å². The van der Waals surface area contributed by atoms with Crippen LogP contribution in [-0.2, 0) is 16.2 Å². The van der Waals surface area contributed by atoms with Crippen LogP contribution in [0.2, 0.25) is 0 Å². The molecule has 4 unspecified atom stereocenters. The summed E-state index contributed by atoms with van der Waals surface area (Å²) >= 11 is 0. The van der Waals surface area contributed by atoms with Crippen molar-refractivity contribution < 1.29 is 24.4 Å². The Morgan fingerprint density at radius 1 is 0.714 bits per heavy atom. The van der Waals surface area contributed by atoms with Gasteiger partial charge in [0.25, 0.3) is 0 Å². The zero-order valence-corrected chi connectivity index (χ0v) is 36.2. The molecule has 0 bridgehead atoms. The van der Waals surface area contributed by atoms with Crippen LogP contribution >= 0.6 is 7.26 Å². The third-order valence-corrected chi connectivity index (χ3v) is 17.3. The number of aliphatic hydroxyl groups is 1. The van der Waals surface area contributed by atoms with Gasteiger partial charge in [0.1, 0.15) is 53.5 Å². The minimum atomic E-state index is -1.83. The maximum atomic E-state index is 9.03. The Kier molecular flexibility index (Phi) is 15.9. The van der Waals surface area contributed by atoms with E-state index in [1.165, 1.54) is 72.8 Å². The van der Waals surface area contributed by atoms with Gasteiger partial charge in [0.05, 0.1) is 5.66 Å². The lowest BCUT2D eigenvalue weighted by Crippen LogP contribution is -2.37. The van der Waals surface area contributed by atoms with Crippen LogP contribution < -0.4 is 25.4 Å². The van der Waals surface area contributed by atoms with Gasteiger partial charge in [0.15, 0.2) is 0 Å². The monoisotopic (exact) mass is 779 g/mol. The molecular weight excluding hydrogens is 712 g/mol. The van der Waals surface area contributed by atoms with Crippen LogP contribution in [0.15, 0.2) is 104 Å². The van der Waals surface area contributed by atoms with Crippen LogP contribution in [0.4, 0.5) is 0 Å². The molecule has 0 fully saturated rings. The van der Waals surface area contributed by atoms with Gasteiger partial charge in [-0.2, -0.15) is 4.89 Å². The van der Waals surface area contributed by atoms with Crippen molar-refractivity contribution >= 4 is 23.2 Å². The van der Waals surface area contributed by atoms with Gasteiger partial charge in [-0.25, -0.2) is 0 Å². The predicted molar refractivity (Wildman–Crippen MR) is 237 cm³/mol. The molecule has 0 saturated heterocycles. The van der Waals surface area contributed by atoms with E-state index < -0.39 is 13.2 Å². The summed E-state index contributed by atoms with van der Waals surface area (Å²) in [6.07, 6.45) is 13.2. The van der Waals surface area contributed by atoms with Crippen LogP contribution in [0, 0.1) is 32.6 Å². The molecular formula is C50H68O5P+. The van der Waals surface area contributed by atoms with E-state index in [2.05, 4.69) is 151 Å². The first kappa shape index (κ1) is 43.3. The van der Waals surface area contributed by atoms with Crippen molar-refractivity contribution in [2.45, 2.75) is 130 Å². The highest BCUT2D eigenvalue weighted by Crippen LogP contribution is 2.61. The largest absolute Gasteiger partial charge is 0.490 e. The van der Waals surface area contributed by atoms with Crippen molar-refractivity contribution in [2.75, 3.05) is 13.2 Å². The Labute approximate surface area is 339 Å². The van der Waals surface area contributed by atoms with E-state index in [9.17, 15) is 0 Å². The first-order chi connectivity index (χ1) is 27.0. The van der Waals surface area contributed by atoms with Gasteiger partial charge in [-0.05, 0) is 145 Å². The molecule has 0 aromatic heterocycles. The summed E-state index contributed by atoms with van der Waals surface area (Å²) in [6, 6.07) is 34.0. The topological polar surface area (TPSA) is 57.2 Å². The van der Waals surface area contributed by atoms with Gasteiger partial charge in [-0.3, -0.25) is 4.89 Å². The number of hydrogen-bond donors (Lipinski definition) is 1. The highest BCUT2D eigenvalue weighted by molar-refractivity contribution is 7.96. The molecule has 56 heavy (non-hydrogen) atoms. The van der Waals surface area contributed by atoms with Crippen molar-refractivity contribution in [2.24, 2.45) is 11.8 Å². The summed E-state index contributed by atoms with van der Waals surface area (Å²) in [5.74, 6) is 2.93. The predicted octanol–water partition coefficient (Wildman–Crippen LogP) is 12.2. The van der Waals surface area contributed by atoms with E-state index in [0.717, 1.165) is 59.3 Å². The highest BCUT2D eigenvalue weighted by Gasteiger charge is 2.49. The summed E-state index contributed by atoms with van der Waals surface area (Å²) < 4.78 is 12.9. The summed E-state index contributed by atoms with van der Waals surface area (Å²) in [5, 5.41) is 13.5. The fourth-order valence-corrected chi connectivity index (χ4v) is 14.0. The van der Waals surface area contributed by atoms with Crippen molar-refractivity contribution in [3.8, 4) is 11.5 Å². The zero-order valence-electron chi connectivity index (χ0n) is 35.3. The van der Waals surface area contributed by atoms with Gasteiger partial charge >= 0.3 is 5.95 Å². The number of fused-ring (bicyclic) bond motifs is 1. The Morgan fingerprint density at radius 2 is 1.21 bits per heavy atom. The Morgan fingerprint density at radius 3 is 1.73 bits per heavy atom. The quantitative estimate of drug-likeness (QED) is 0.0283. The Hall–Kier alpha value is -3.79. The Bertz CT molecular complexity index is 1710. The number of rotatable bonds is 22. The van der Waals surface area contributed by atoms with Gasteiger partial charge < -0.3 is 14.6 Å². The molecule has 1 heterocycles. The lowest BCUT2D eigenvalue weighted by Gasteiger charge is -2.38.